The average Bonchev–Trinajstić information content (AvgIpc) is 3.06. The van der Waals surface area contributed by atoms with E-state index in [1.165, 1.54) is 22.3 Å². The van der Waals surface area contributed by atoms with Crippen LogP contribution >= 0.6 is 0 Å². The van der Waals surface area contributed by atoms with Gasteiger partial charge in [0.05, 0.1) is 6.67 Å². The van der Waals surface area contributed by atoms with Gasteiger partial charge in [-0.3, -0.25) is 9.80 Å². The van der Waals surface area contributed by atoms with Gasteiger partial charge in [-0.25, -0.2) is 0 Å². The van der Waals surface area contributed by atoms with Gasteiger partial charge in [0.25, 0.3) is 0 Å². The third-order valence-corrected chi connectivity index (χ3v) is 8.56. The van der Waals surface area contributed by atoms with Gasteiger partial charge in [0.15, 0.2) is 0 Å². The highest BCUT2D eigenvalue weighted by atomic mass is 28.4. The zero-order valence-corrected chi connectivity index (χ0v) is 19.8. The molecule has 0 bridgehead atoms. The van der Waals surface area contributed by atoms with Gasteiger partial charge in [-0.2, -0.15) is 0 Å². The second-order valence-electron chi connectivity index (χ2n) is 7.77. The molecule has 1 aliphatic heterocycles. The lowest BCUT2D eigenvalue weighted by Gasteiger charge is -2.29. The fraction of sp³-hybridized carbons (Fsp3) is 0.727. The number of hydrogen-bond acceptors (Lipinski definition) is 5. The molecule has 1 saturated heterocycles. The Labute approximate surface area is 173 Å². The zero-order chi connectivity index (χ0) is 20.6. The van der Waals surface area contributed by atoms with Crippen LogP contribution in [-0.4, -0.2) is 64.7 Å². The Hall–Kier alpha value is -0.763. The van der Waals surface area contributed by atoms with E-state index in [0.29, 0.717) is 19.8 Å². The molecule has 1 heterocycles. The molecule has 1 aromatic carbocycles. The van der Waals surface area contributed by atoms with Crippen molar-refractivity contribution in [1.82, 2.24) is 9.80 Å². The van der Waals surface area contributed by atoms with E-state index in [-0.39, 0.29) is 0 Å². The number of aryl methyl sites for hydroxylation is 3. The molecule has 0 amide bonds. The summed E-state index contributed by atoms with van der Waals surface area (Å²) in [4.78, 5) is 5.10. The summed E-state index contributed by atoms with van der Waals surface area (Å²) in [7, 11) is -2.51. The number of benzene rings is 1. The highest BCUT2D eigenvalue weighted by Gasteiger charge is 2.39. The van der Waals surface area contributed by atoms with Gasteiger partial charge in [-0.1, -0.05) is 17.7 Å². The lowest BCUT2D eigenvalue weighted by molar-refractivity contribution is 0.0699. The number of hydrogen-bond donors (Lipinski definition) is 0. The molecular weight excluding hydrogens is 368 g/mol. The van der Waals surface area contributed by atoms with Crippen LogP contribution in [0.25, 0.3) is 0 Å². The second-order valence-corrected chi connectivity index (χ2v) is 10.5. The zero-order valence-electron chi connectivity index (χ0n) is 18.8. The highest BCUT2D eigenvalue weighted by Crippen LogP contribution is 2.22. The van der Waals surface area contributed by atoms with Crippen molar-refractivity contribution in [3.8, 4) is 0 Å². The first-order chi connectivity index (χ1) is 13.4. The van der Waals surface area contributed by atoms with Crippen molar-refractivity contribution < 1.29 is 13.3 Å². The minimum Gasteiger partial charge on any atom is -0.374 e. The minimum absolute atomic E-state index is 0.652. The summed E-state index contributed by atoms with van der Waals surface area (Å²) >= 11 is 0. The summed E-state index contributed by atoms with van der Waals surface area (Å²) in [5, 5.41) is 0. The third-order valence-electron chi connectivity index (χ3n) is 5.40. The predicted molar refractivity (Wildman–Crippen MR) is 118 cm³/mol. The van der Waals surface area contributed by atoms with Crippen LogP contribution in [0.15, 0.2) is 12.1 Å². The summed E-state index contributed by atoms with van der Waals surface area (Å²) in [6.07, 6.45) is 1.06. The molecule has 5 nitrogen and oxygen atoms in total. The van der Waals surface area contributed by atoms with Gasteiger partial charge in [0.1, 0.15) is 0 Å². The van der Waals surface area contributed by atoms with Crippen LogP contribution < -0.4 is 0 Å². The fourth-order valence-corrected chi connectivity index (χ4v) is 6.82. The van der Waals surface area contributed by atoms with Gasteiger partial charge >= 0.3 is 8.80 Å². The monoisotopic (exact) mass is 408 g/mol. The lowest BCUT2D eigenvalue weighted by atomic mass is 9.99. The van der Waals surface area contributed by atoms with Crippen molar-refractivity contribution in [2.75, 3.05) is 46.1 Å². The van der Waals surface area contributed by atoms with Crippen molar-refractivity contribution in [2.24, 2.45) is 0 Å². The van der Waals surface area contributed by atoms with Crippen LogP contribution in [0.2, 0.25) is 6.04 Å². The van der Waals surface area contributed by atoms with Gasteiger partial charge in [-0.05, 0) is 71.2 Å². The molecule has 2 rings (SSSR count). The SMILES string of the molecule is CCO[Si](CCCN1CCN(Cc2c(C)cc(C)cc2C)C1)(OCC)OCC. The van der Waals surface area contributed by atoms with Gasteiger partial charge in [0.2, 0.25) is 0 Å². The van der Waals surface area contributed by atoms with Crippen LogP contribution in [0.5, 0.6) is 0 Å². The summed E-state index contributed by atoms with van der Waals surface area (Å²) < 4.78 is 17.9. The largest absolute Gasteiger partial charge is 0.500 e. The van der Waals surface area contributed by atoms with E-state index < -0.39 is 8.80 Å². The molecule has 1 aromatic rings. The number of rotatable bonds is 12. The molecule has 0 radical (unpaired) electrons. The quantitative estimate of drug-likeness (QED) is 0.486. The first kappa shape index (κ1) is 23.5. The van der Waals surface area contributed by atoms with Crippen LogP contribution in [0.1, 0.15) is 49.4 Å². The summed E-state index contributed by atoms with van der Waals surface area (Å²) in [5.41, 5.74) is 5.67. The summed E-state index contributed by atoms with van der Waals surface area (Å²) in [6, 6.07) is 5.50. The minimum atomic E-state index is -2.51. The maximum Gasteiger partial charge on any atom is 0.500 e. The molecule has 0 N–H and O–H groups in total. The molecule has 0 aliphatic carbocycles. The Morgan fingerprint density at radius 1 is 0.857 bits per heavy atom. The molecule has 1 fully saturated rings. The van der Waals surface area contributed by atoms with Crippen LogP contribution in [0, 0.1) is 20.8 Å². The average molecular weight is 409 g/mol. The van der Waals surface area contributed by atoms with Crippen molar-refractivity contribution in [1.29, 1.82) is 0 Å². The molecule has 1 aliphatic rings. The molecule has 0 spiro atoms. The Morgan fingerprint density at radius 3 is 1.93 bits per heavy atom. The van der Waals surface area contributed by atoms with E-state index >= 15 is 0 Å². The van der Waals surface area contributed by atoms with E-state index in [9.17, 15) is 0 Å². The van der Waals surface area contributed by atoms with Gasteiger partial charge in [-0.15, -0.1) is 0 Å². The molecule has 28 heavy (non-hydrogen) atoms. The first-order valence-electron chi connectivity index (χ1n) is 10.9. The summed E-state index contributed by atoms with van der Waals surface area (Å²) in [5.74, 6) is 0. The van der Waals surface area contributed by atoms with E-state index in [2.05, 4.69) is 42.7 Å². The third kappa shape index (κ3) is 6.64. The smallest absolute Gasteiger partial charge is 0.374 e. The normalized spacial score (nSPS) is 16.2. The van der Waals surface area contributed by atoms with Crippen LogP contribution in [0.3, 0.4) is 0 Å². The van der Waals surface area contributed by atoms with E-state index in [4.69, 9.17) is 13.3 Å². The fourth-order valence-electron chi connectivity index (χ4n) is 4.22. The number of nitrogens with zero attached hydrogens (tertiary/aromatic N) is 2. The topological polar surface area (TPSA) is 34.2 Å². The van der Waals surface area contributed by atoms with Crippen LogP contribution in [-0.2, 0) is 19.8 Å². The molecule has 0 aromatic heterocycles. The standard InChI is InChI=1S/C22H40N2O3Si/c1-7-25-28(26-8-2,27-9-3)14-10-11-23-12-13-24(18-23)17-22-20(5)15-19(4)16-21(22)6/h15-16H,7-14,17-18H2,1-6H3. The van der Waals surface area contributed by atoms with Gasteiger partial charge in [0, 0.05) is 45.5 Å². The van der Waals surface area contributed by atoms with Crippen molar-refractivity contribution in [3.05, 3.63) is 34.4 Å². The molecule has 0 saturated carbocycles. The maximum atomic E-state index is 5.98. The van der Waals surface area contributed by atoms with Gasteiger partial charge < -0.3 is 13.3 Å². The van der Waals surface area contributed by atoms with Crippen molar-refractivity contribution in [3.63, 3.8) is 0 Å². The highest BCUT2D eigenvalue weighted by molar-refractivity contribution is 6.60. The van der Waals surface area contributed by atoms with Crippen molar-refractivity contribution in [2.45, 2.75) is 60.6 Å². The second kappa shape index (κ2) is 11.4. The Bertz CT molecular complexity index is 571. The maximum absolute atomic E-state index is 5.98. The molecule has 0 atom stereocenters. The molecule has 160 valence electrons. The first-order valence-corrected chi connectivity index (χ1v) is 12.8. The molecule has 6 heteroatoms. The lowest BCUT2D eigenvalue weighted by Crippen LogP contribution is -2.46. The Kier molecular flexibility index (Phi) is 9.60. The molecular formula is C22H40N2O3Si. The summed E-state index contributed by atoms with van der Waals surface area (Å²) in [6.45, 7) is 20.1. The van der Waals surface area contributed by atoms with E-state index in [0.717, 1.165) is 45.3 Å². The van der Waals surface area contributed by atoms with E-state index in [1.54, 1.807) is 0 Å². The van der Waals surface area contributed by atoms with Crippen molar-refractivity contribution >= 4 is 8.80 Å². The van der Waals surface area contributed by atoms with Crippen LogP contribution in [0.4, 0.5) is 0 Å². The predicted octanol–water partition coefficient (Wildman–Crippen LogP) is 4.13. The molecule has 0 unspecified atom stereocenters. The Balaban J connectivity index is 1.84. The Morgan fingerprint density at radius 2 is 1.39 bits per heavy atom. The van der Waals surface area contributed by atoms with E-state index in [1.807, 2.05) is 20.8 Å².